The molecule has 0 atom stereocenters. The quantitative estimate of drug-likeness (QED) is 0.496. The van der Waals surface area contributed by atoms with Crippen LogP contribution in [0.3, 0.4) is 0 Å². The standard InChI is InChI=1S/C14H8BrClN2OS/c15-9-1-6-14-17-7-10(18(14)8-9)2-3-11(19)12-4-5-13(16)20-12/h1-8H. The van der Waals surface area contributed by atoms with Gasteiger partial charge in [-0.25, -0.2) is 4.98 Å². The number of ketones is 1. The molecule has 3 rings (SSSR count). The SMILES string of the molecule is O=C(C=Cc1cnc2ccc(Br)cn12)c1ccc(Cl)s1. The molecule has 3 aromatic rings. The van der Waals surface area contributed by atoms with Crippen molar-refractivity contribution in [1.29, 1.82) is 0 Å². The van der Waals surface area contributed by atoms with E-state index in [2.05, 4.69) is 20.9 Å². The first-order chi connectivity index (χ1) is 9.63. The summed E-state index contributed by atoms with van der Waals surface area (Å²) in [6.45, 7) is 0. The Kier molecular flexibility index (Phi) is 3.74. The molecule has 0 fully saturated rings. The Bertz CT molecular complexity index is 822. The van der Waals surface area contributed by atoms with Crippen molar-refractivity contribution >= 4 is 56.4 Å². The van der Waals surface area contributed by atoms with Crippen molar-refractivity contribution in [1.82, 2.24) is 9.38 Å². The molecule has 6 heteroatoms. The van der Waals surface area contributed by atoms with Gasteiger partial charge in [0.1, 0.15) is 5.65 Å². The average molecular weight is 368 g/mol. The van der Waals surface area contributed by atoms with Gasteiger partial charge in [0.05, 0.1) is 21.1 Å². The molecule has 0 aromatic carbocycles. The van der Waals surface area contributed by atoms with Crippen LogP contribution >= 0.6 is 38.9 Å². The molecule has 3 heterocycles. The van der Waals surface area contributed by atoms with Crippen LogP contribution in [0.4, 0.5) is 0 Å². The number of aromatic nitrogens is 2. The molecular weight excluding hydrogens is 360 g/mol. The lowest BCUT2D eigenvalue weighted by molar-refractivity contribution is 0.105. The number of carbonyl (C=O) groups excluding carboxylic acids is 1. The lowest BCUT2D eigenvalue weighted by Gasteiger charge is -1.97. The van der Waals surface area contributed by atoms with Gasteiger partial charge >= 0.3 is 0 Å². The molecule has 100 valence electrons. The number of carbonyl (C=O) groups is 1. The number of fused-ring (bicyclic) bond motifs is 1. The van der Waals surface area contributed by atoms with Crippen LogP contribution in [0.25, 0.3) is 11.7 Å². The Labute approximate surface area is 132 Å². The minimum Gasteiger partial charge on any atom is -0.299 e. The van der Waals surface area contributed by atoms with E-state index >= 15 is 0 Å². The Morgan fingerprint density at radius 1 is 1.35 bits per heavy atom. The molecule has 0 aliphatic heterocycles. The first-order valence-electron chi connectivity index (χ1n) is 5.74. The van der Waals surface area contributed by atoms with Gasteiger partial charge in [-0.05, 0) is 52.3 Å². The predicted molar refractivity (Wildman–Crippen MR) is 85.6 cm³/mol. The van der Waals surface area contributed by atoms with Crippen molar-refractivity contribution in [3.05, 3.63) is 62.1 Å². The second-order valence-corrected chi connectivity index (χ2v) is 6.69. The lowest BCUT2D eigenvalue weighted by Crippen LogP contribution is -1.90. The number of rotatable bonds is 3. The van der Waals surface area contributed by atoms with Crippen LogP contribution in [0.1, 0.15) is 15.4 Å². The van der Waals surface area contributed by atoms with Crippen LogP contribution < -0.4 is 0 Å². The summed E-state index contributed by atoms with van der Waals surface area (Å²) in [6, 6.07) is 7.28. The van der Waals surface area contributed by atoms with Gasteiger partial charge in [0, 0.05) is 10.7 Å². The minimum absolute atomic E-state index is 0.0631. The van der Waals surface area contributed by atoms with Gasteiger partial charge in [0.25, 0.3) is 0 Å². The number of nitrogens with zero attached hydrogens (tertiary/aromatic N) is 2. The van der Waals surface area contributed by atoms with Crippen LogP contribution in [0.5, 0.6) is 0 Å². The molecule has 0 spiro atoms. The first kappa shape index (κ1) is 13.5. The van der Waals surface area contributed by atoms with Gasteiger partial charge in [-0.1, -0.05) is 11.6 Å². The molecular formula is C14H8BrClN2OS. The summed E-state index contributed by atoms with van der Waals surface area (Å²) in [5.41, 5.74) is 1.68. The molecule has 0 saturated carbocycles. The molecule has 0 aliphatic carbocycles. The van der Waals surface area contributed by atoms with Gasteiger partial charge in [0.15, 0.2) is 5.78 Å². The maximum Gasteiger partial charge on any atom is 0.195 e. The number of hydrogen-bond acceptors (Lipinski definition) is 3. The zero-order valence-corrected chi connectivity index (χ0v) is 13.2. The molecule has 0 aliphatic rings. The van der Waals surface area contributed by atoms with Crippen LogP contribution in [0.2, 0.25) is 4.34 Å². The molecule has 20 heavy (non-hydrogen) atoms. The summed E-state index contributed by atoms with van der Waals surface area (Å²) >= 11 is 10.5. The summed E-state index contributed by atoms with van der Waals surface area (Å²) in [6.07, 6.45) is 6.93. The zero-order chi connectivity index (χ0) is 14.1. The van der Waals surface area contributed by atoms with E-state index in [0.717, 1.165) is 15.8 Å². The predicted octanol–water partition coefficient (Wildman–Crippen LogP) is 4.71. The van der Waals surface area contributed by atoms with Crippen molar-refractivity contribution in [2.75, 3.05) is 0 Å². The summed E-state index contributed by atoms with van der Waals surface area (Å²) in [7, 11) is 0. The molecule has 3 aromatic heterocycles. The van der Waals surface area contributed by atoms with E-state index in [1.807, 2.05) is 22.7 Å². The third-order valence-electron chi connectivity index (χ3n) is 2.72. The molecule has 0 N–H and O–H groups in total. The second-order valence-electron chi connectivity index (χ2n) is 4.06. The smallest absolute Gasteiger partial charge is 0.195 e. The Balaban J connectivity index is 1.91. The topological polar surface area (TPSA) is 34.4 Å². The maximum atomic E-state index is 12.0. The van der Waals surface area contributed by atoms with Crippen LogP contribution in [0, 0.1) is 0 Å². The highest BCUT2D eigenvalue weighted by Crippen LogP contribution is 2.22. The summed E-state index contributed by atoms with van der Waals surface area (Å²) in [4.78, 5) is 16.9. The van der Waals surface area contributed by atoms with Crippen molar-refractivity contribution < 1.29 is 4.79 Å². The lowest BCUT2D eigenvalue weighted by atomic mass is 10.3. The molecule has 0 saturated heterocycles. The van der Waals surface area contributed by atoms with E-state index in [0.29, 0.717) is 9.21 Å². The normalized spacial score (nSPS) is 11.5. The van der Waals surface area contributed by atoms with Crippen molar-refractivity contribution in [2.45, 2.75) is 0 Å². The number of imidazole rings is 1. The fraction of sp³-hybridized carbons (Fsp3) is 0. The van der Waals surface area contributed by atoms with Crippen LogP contribution in [-0.2, 0) is 0 Å². The molecule has 0 amide bonds. The highest BCUT2D eigenvalue weighted by Gasteiger charge is 2.06. The van der Waals surface area contributed by atoms with E-state index in [1.54, 1.807) is 24.4 Å². The zero-order valence-electron chi connectivity index (χ0n) is 10.1. The van der Waals surface area contributed by atoms with Crippen molar-refractivity contribution in [2.24, 2.45) is 0 Å². The number of thiophene rings is 1. The monoisotopic (exact) mass is 366 g/mol. The summed E-state index contributed by atoms with van der Waals surface area (Å²) in [5, 5.41) is 0. The van der Waals surface area contributed by atoms with Crippen LogP contribution in [0.15, 0.2) is 47.2 Å². The maximum absolute atomic E-state index is 12.0. The highest BCUT2D eigenvalue weighted by atomic mass is 79.9. The number of halogens is 2. The molecule has 0 unspecified atom stereocenters. The van der Waals surface area contributed by atoms with Gasteiger partial charge < -0.3 is 0 Å². The number of hydrogen-bond donors (Lipinski definition) is 0. The fourth-order valence-corrected chi connectivity index (χ4v) is 3.09. The van der Waals surface area contributed by atoms with E-state index in [9.17, 15) is 4.79 Å². The molecule has 3 nitrogen and oxygen atoms in total. The third-order valence-corrected chi connectivity index (χ3v) is 4.43. The van der Waals surface area contributed by atoms with Gasteiger partial charge in [-0.3, -0.25) is 9.20 Å². The fourth-order valence-electron chi connectivity index (χ4n) is 1.79. The van der Waals surface area contributed by atoms with Gasteiger partial charge in [-0.2, -0.15) is 0 Å². The summed E-state index contributed by atoms with van der Waals surface area (Å²) < 4.78 is 3.48. The first-order valence-corrected chi connectivity index (χ1v) is 7.72. The van der Waals surface area contributed by atoms with Gasteiger partial charge in [0.2, 0.25) is 0 Å². The third kappa shape index (κ3) is 2.70. The van der Waals surface area contributed by atoms with Crippen LogP contribution in [-0.4, -0.2) is 15.2 Å². The number of pyridine rings is 1. The van der Waals surface area contributed by atoms with E-state index in [1.165, 1.54) is 17.4 Å². The molecule has 0 bridgehead atoms. The van der Waals surface area contributed by atoms with E-state index in [4.69, 9.17) is 11.6 Å². The number of allylic oxidation sites excluding steroid dienone is 1. The Morgan fingerprint density at radius 3 is 2.95 bits per heavy atom. The van der Waals surface area contributed by atoms with E-state index in [-0.39, 0.29) is 5.78 Å². The molecule has 0 radical (unpaired) electrons. The highest BCUT2D eigenvalue weighted by molar-refractivity contribution is 9.10. The summed E-state index contributed by atoms with van der Waals surface area (Å²) in [5.74, 6) is -0.0631. The van der Waals surface area contributed by atoms with E-state index < -0.39 is 0 Å². The largest absolute Gasteiger partial charge is 0.299 e. The van der Waals surface area contributed by atoms with Gasteiger partial charge in [-0.15, -0.1) is 11.3 Å². The second kappa shape index (κ2) is 5.52. The Morgan fingerprint density at radius 2 is 2.20 bits per heavy atom. The van der Waals surface area contributed by atoms with Crippen molar-refractivity contribution in [3.8, 4) is 0 Å². The minimum atomic E-state index is -0.0631. The average Bonchev–Trinajstić information content (AvgIpc) is 3.02. The van der Waals surface area contributed by atoms with Crippen molar-refractivity contribution in [3.63, 3.8) is 0 Å². The Hall–Kier alpha value is -1.43.